The zero-order valence-corrected chi connectivity index (χ0v) is 19.0. The maximum atomic E-state index is 13.1. The van der Waals surface area contributed by atoms with Crippen molar-refractivity contribution in [3.05, 3.63) is 106 Å². The van der Waals surface area contributed by atoms with Crippen LogP contribution in [0, 0.1) is 0 Å². The molecule has 2 heterocycles. The first kappa shape index (κ1) is 20.9. The lowest BCUT2D eigenvalue weighted by atomic mass is 10.0. The van der Waals surface area contributed by atoms with Crippen LogP contribution in [0.25, 0.3) is 28.7 Å². The summed E-state index contributed by atoms with van der Waals surface area (Å²) in [6.45, 7) is 6.37. The minimum atomic E-state index is -0.321. The molecule has 5 heteroatoms. The minimum absolute atomic E-state index is 0.267. The molecule has 0 aliphatic carbocycles. The van der Waals surface area contributed by atoms with Crippen LogP contribution in [-0.4, -0.2) is 14.8 Å². The minimum Gasteiger partial charge on any atom is -0.360 e. The van der Waals surface area contributed by atoms with Crippen molar-refractivity contribution in [1.82, 2.24) is 14.8 Å². The Morgan fingerprint density at radius 1 is 0.970 bits per heavy atom. The van der Waals surface area contributed by atoms with E-state index in [9.17, 15) is 4.79 Å². The highest BCUT2D eigenvalue weighted by atomic mass is 16.1. The Balaban J connectivity index is 1.66. The number of rotatable bonds is 4. The van der Waals surface area contributed by atoms with Crippen LogP contribution in [0.5, 0.6) is 0 Å². The molecule has 4 aromatic rings. The van der Waals surface area contributed by atoms with E-state index in [-0.39, 0.29) is 11.7 Å². The molecule has 0 bridgehead atoms. The topological polar surface area (TPSA) is 59.8 Å². The Morgan fingerprint density at radius 2 is 1.67 bits per heavy atom. The molecular weight excluding hydrogens is 408 g/mol. The fourth-order valence-corrected chi connectivity index (χ4v) is 4.18. The summed E-state index contributed by atoms with van der Waals surface area (Å²) in [5.74, 6) is 0.994. The maximum absolute atomic E-state index is 13.1. The van der Waals surface area contributed by atoms with Crippen molar-refractivity contribution in [2.24, 2.45) is 0 Å². The van der Waals surface area contributed by atoms with Gasteiger partial charge in [-0.25, -0.2) is 4.68 Å². The largest absolute Gasteiger partial charge is 0.360 e. The molecule has 0 saturated carbocycles. The van der Waals surface area contributed by atoms with E-state index < -0.39 is 0 Å². The number of para-hydroxylation sites is 1. The lowest BCUT2D eigenvalue weighted by Gasteiger charge is -2.31. The second kappa shape index (κ2) is 8.51. The molecule has 0 spiro atoms. The third-order valence-electron chi connectivity index (χ3n) is 6.02. The highest BCUT2D eigenvalue weighted by molar-refractivity contribution is 5.77. The third kappa shape index (κ3) is 3.98. The van der Waals surface area contributed by atoms with Crippen molar-refractivity contribution in [2.75, 3.05) is 5.32 Å². The molecule has 164 valence electrons. The molecule has 1 N–H and O–H groups in total. The molecule has 1 aromatic heterocycles. The van der Waals surface area contributed by atoms with Crippen molar-refractivity contribution in [2.45, 2.75) is 32.9 Å². The first-order chi connectivity index (χ1) is 16.0. The average Bonchev–Trinajstić information content (AvgIpc) is 2.84. The molecule has 5 nitrogen and oxygen atoms in total. The van der Waals surface area contributed by atoms with Gasteiger partial charge in [-0.3, -0.25) is 4.79 Å². The standard InChI is InChI=1S/C28H26N4O/c1-18(2)21-13-15-22(16-14-21)25-28(33)30-27-23-11-7-8-12-24(23)29-26(32(27)31-25)19(3)17-20-9-5-4-6-10-20/h4-18,26,29H,1-3H3/b19-17+. The smallest absolute Gasteiger partial charge is 0.300 e. The summed E-state index contributed by atoms with van der Waals surface area (Å²) < 4.78 is 1.84. The van der Waals surface area contributed by atoms with E-state index in [4.69, 9.17) is 5.10 Å². The quantitative estimate of drug-likeness (QED) is 0.420. The number of nitrogens with one attached hydrogen (secondary N) is 1. The predicted octanol–water partition coefficient (Wildman–Crippen LogP) is 6.12. The van der Waals surface area contributed by atoms with Crippen LogP contribution in [0.2, 0.25) is 0 Å². The van der Waals surface area contributed by atoms with E-state index in [1.54, 1.807) is 0 Å². The van der Waals surface area contributed by atoms with Gasteiger partial charge in [0.25, 0.3) is 5.56 Å². The third-order valence-corrected chi connectivity index (χ3v) is 6.02. The highest BCUT2D eigenvalue weighted by Gasteiger charge is 2.27. The van der Waals surface area contributed by atoms with Gasteiger partial charge in [0.2, 0.25) is 0 Å². The van der Waals surface area contributed by atoms with Gasteiger partial charge >= 0.3 is 0 Å². The van der Waals surface area contributed by atoms with E-state index in [0.29, 0.717) is 17.4 Å². The van der Waals surface area contributed by atoms with E-state index in [0.717, 1.165) is 28.0 Å². The van der Waals surface area contributed by atoms with E-state index >= 15 is 0 Å². The maximum Gasteiger partial charge on any atom is 0.300 e. The van der Waals surface area contributed by atoms with Gasteiger partial charge in [0.05, 0.1) is 0 Å². The molecular formula is C28H26N4O. The Labute approximate surface area is 193 Å². The van der Waals surface area contributed by atoms with Gasteiger partial charge in [-0.2, -0.15) is 10.1 Å². The number of aromatic nitrogens is 3. The summed E-state index contributed by atoms with van der Waals surface area (Å²) >= 11 is 0. The van der Waals surface area contributed by atoms with Crippen LogP contribution in [0.15, 0.2) is 89.2 Å². The molecule has 0 radical (unpaired) electrons. The van der Waals surface area contributed by atoms with Gasteiger partial charge in [0.15, 0.2) is 11.5 Å². The molecule has 3 aromatic carbocycles. The predicted molar refractivity (Wildman–Crippen MR) is 134 cm³/mol. The van der Waals surface area contributed by atoms with E-state index in [2.05, 4.69) is 61.4 Å². The molecule has 1 atom stereocenters. The van der Waals surface area contributed by atoms with Crippen LogP contribution >= 0.6 is 0 Å². The molecule has 5 rings (SSSR count). The van der Waals surface area contributed by atoms with Gasteiger partial charge in [-0.15, -0.1) is 0 Å². The zero-order chi connectivity index (χ0) is 22.9. The summed E-state index contributed by atoms with van der Waals surface area (Å²) in [5.41, 5.74) is 6.01. The fraction of sp³-hybridized carbons (Fsp3) is 0.179. The Kier molecular flexibility index (Phi) is 5.38. The van der Waals surface area contributed by atoms with Crippen molar-refractivity contribution in [1.29, 1.82) is 0 Å². The Morgan fingerprint density at radius 3 is 2.39 bits per heavy atom. The number of benzene rings is 3. The number of anilines is 1. The van der Waals surface area contributed by atoms with Crippen molar-refractivity contribution in [3.8, 4) is 22.6 Å². The molecule has 0 saturated heterocycles. The fourth-order valence-electron chi connectivity index (χ4n) is 4.18. The zero-order valence-electron chi connectivity index (χ0n) is 19.0. The Bertz CT molecular complexity index is 1390. The second-order valence-electron chi connectivity index (χ2n) is 8.70. The molecule has 0 amide bonds. The molecule has 1 aliphatic heterocycles. The molecule has 1 unspecified atom stereocenters. The van der Waals surface area contributed by atoms with Crippen LogP contribution < -0.4 is 10.9 Å². The SMILES string of the molecule is C/C(=C\c1ccccc1)C1Nc2ccccc2-c2nc(=O)c(-c3ccc(C(C)C)cc3)nn21. The van der Waals surface area contributed by atoms with Crippen LogP contribution in [0.4, 0.5) is 5.69 Å². The van der Waals surface area contributed by atoms with Gasteiger partial charge in [-0.1, -0.05) is 86.7 Å². The first-order valence-electron chi connectivity index (χ1n) is 11.2. The van der Waals surface area contributed by atoms with E-state index in [1.807, 2.05) is 59.3 Å². The molecule has 0 fully saturated rings. The van der Waals surface area contributed by atoms with Crippen LogP contribution in [0.1, 0.15) is 44.0 Å². The number of hydrogen-bond acceptors (Lipinski definition) is 4. The average molecular weight is 435 g/mol. The Hall–Kier alpha value is -3.99. The number of nitrogens with zero attached hydrogens (tertiary/aromatic N) is 3. The summed E-state index contributed by atoms with van der Waals surface area (Å²) in [5, 5.41) is 8.42. The lowest BCUT2D eigenvalue weighted by molar-refractivity contribution is 0.543. The summed E-state index contributed by atoms with van der Waals surface area (Å²) in [6.07, 6.45) is 1.86. The van der Waals surface area contributed by atoms with Crippen molar-refractivity contribution >= 4 is 11.8 Å². The van der Waals surface area contributed by atoms with Crippen molar-refractivity contribution in [3.63, 3.8) is 0 Å². The van der Waals surface area contributed by atoms with E-state index in [1.165, 1.54) is 5.56 Å². The van der Waals surface area contributed by atoms with Crippen LogP contribution in [0.3, 0.4) is 0 Å². The highest BCUT2D eigenvalue weighted by Crippen LogP contribution is 2.36. The normalized spacial score (nSPS) is 15.0. The van der Waals surface area contributed by atoms with Gasteiger partial charge in [0, 0.05) is 16.8 Å². The van der Waals surface area contributed by atoms with Crippen LogP contribution in [-0.2, 0) is 0 Å². The summed E-state index contributed by atoms with van der Waals surface area (Å²) in [7, 11) is 0. The number of fused-ring (bicyclic) bond motifs is 3. The van der Waals surface area contributed by atoms with Gasteiger partial charge in [-0.05, 0) is 41.7 Å². The van der Waals surface area contributed by atoms with Crippen molar-refractivity contribution < 1.29 is 0 Å². The number of hydrogen-bond donors (Lipinski definition) is 1. The lowest BCUT2D eigenvalue weighted by Crippen LogP contribution is -2.32. The van der Waals surface area contributed by atoms with Gasteiger partial charge < -0.3 is 5.32 Å². The molecule has 1 aliphatic rings. The molecule has 33 heavy (non-hydrogen) atoms. The first-order valence-corrected chi connectivity index (χ1v) is 11.2. The monoisotopic (exact) mass is 434 g/mol. The summed E-state index contributed by atoms with van der Waals surface area (Å²) in [4.78, 5) is 17.6. The van der Waals surface area contributed by atoms with Gasteiger partial charge in [0.1, 0.15) is 6.17 Å². The second-order valence-corrected chi connectivity index (χ2v) is 8.70. The summed E-state index contributed by atoms with van der Waals surface area (Å²) in [6, 6.07) is 26.1.